The van der Waals surface area contributed by atoms with E-state index in [-0.39, 0.29) is 23.4 Å². The van der Waals surface area contributed by atoms with E-state index in [1.165, 1.54) is 16.6 Å². The molecule has 2 aromatic heterocycles. The van der Waals surface area contributed by atoms with Gasteiger partial charge in [0.15, 0.2) is 0 Å². The average molecular weight is 399 g/mol. The number of anilines is 1. The predicted octanol–water partition coefficient (Wildman–Crippen LogP) is 1.66. The molecule has 0 saturated carbocycles. The normalized spacial score (nSPS) is 18.9. The van der Waals surface area contributed by atoms with Crippen LogP contribution in [0.1, 0.15) is 6.42 Å². The van der Waals surface area contributed by atoms with Gasteiger partial charge in [0, 0.05) is 29.6 Å². The van der Waals surface area contributed by atoms with Crippen molar-refractivity contribution < 1.29 is 13.2 Å². The van der Waals surface area contributed by atoms with Crippen LogP contribution in [-0.4, -0.2) is 41.9 Å². The van der Waals surface area contributed by atoms with Gasteiger partial charge >= 0.3 is 0 Å². The van der Waals surface area contributed by atoms with Crippen LogP contribution in [-0.2, 0) is 10.0 Å². The third-order valence-electron chi connectivity index (χ3n) is 3.53. The maximum Gasteiger partial charge on any atom is 0.246 e. The first-order chi connectivity index (χ1) is 11.0. The molecule has 1 fully saturated rings. The molecule has 1 unspecified atom stereocenters. The topological polar surface area (TPSA) is 98.4 Å². The Morgan fingerprint density at radius 3 is 2.83 bits per heavy atom. The van der Waals surface area contributed by atoms with Crippen LogP contribution in [0.3, 0.4) is 0 Å². The average Bonchev–Trinajstić information content (AvgIpc) is 3.00. The third kappa shape index (κ3) is 3.46. The first kappa shape index (κ1) is 16.2. The standard InChI is InChI=1S/C14H15BrN4O3S/c15-10-7-13(14(16)18-8-10)23(20,21)19-6-3-12(9-19)22-11-1-4-17-5-2-11/h1-2,4-5,7-8,12H,3,6,9H2,(H2,16,18). The molecule has 9 heteroatoms. The summed E-state index contributed by atoms with van der Waals surface area (Å²) in [7, 11) is -3.69. The van der Waals surface area contributed by atoms with E-state index in [0.717, 1.165) is 0 Å². The molecule has 3 rings (SSSR count). The third-order valence-corrected chi connectivity index (χ3v) is 5.85. The Morgan fingerprint density at radius 2 is 2.09 bits per heavy atom. The lowest BCUT2D eigenvalue weighted by molar-refractivity contribution is 0.215. The molecular formula is C14H15BrN4O3S. The van der Waals surface area contributed by atoms with Crippen molar-refractivity contribution in [1.82, 2.24) is 14.3 Å². The lowest BCUT2D eigenvalue weighted by atomic mass is 10.3. The smallest absolute Gasteiger partial charge is 0.246 e. The molecule has 2 N–H and O–H groups in total. The molecule has 0 aromatic carbocycles. The Hall–Kier alpha value is -1.71. The van der Waals surface area contributed by atoms with E-state index in [1.807, 2.05) is 0 Å². The molecule has 3 heterocycles. The van der Waals surface area contributed by atoms with E-state index in [0.29, 0.717) is 23.2 Å². The van der Waals surface area contributed by atoms with Crippen molar-refractivity contribution in [3.8, 4) is 5.75 Å². The minimum Gasteiger partial charge on any atom is -0.489 e. The van der Waals surface area contributed by atoms with Gasteiger partial charge in [0.05, 0.1) is 6.54 Å². The summed E-state index contributed by atoms with van der Waals surface area (Å²) in [6, 6.07) is 4.95. The zero-order chi connectivity index (χ0) is 16.4. The summed E-state index contributed by atoms with van der Waals surface area (Å²) >= 11 is 3.22. The van der Waals surface area contributed by atoms with Crippen LogP contribution in [0.25, 0.3) is 0 Å². The van der Waals surface area contributed by atoms with E-state index >= 15 is 0 Å². The van der Waals surface area contributed by atoms with Crippen LogP contribution in [0.4, 0.5) is 5.82 Å². The molecule has 122 valence electrons. The largest absolute Gasteiger partial charge is 0.489 e. The molecule has 0 spiro atoms. The number of nitrogens with zero attached hydrogens (tertiary/aromatic N) is 3. The predicted molar refractivity (Wildman–Crippen MR) is 88.4 cm³/mol. The van der Waals surface area contributed by atoms with Crippen LogP contribution in [0.2, 0.25) is 0 Å². The maximum absolute atomic E-state index is 12.7. The summed E-state index contributed by atoms with van der Waals surface area (Å²) in [5.41, 5.74) is 5.73. The SMILES string of the molecule is Nc1ncc(Br)cc1S(=O)(=O)N1CCC(Oc2ccncc2)C1. The number of hydrogen-bond donors (Lipinski definition) is 1. The fourth-order valence-electron chi connectivity index (χ4n) is 2.40. The fourth-order valence-corrected chi connectivity index (χ4v) is 4.46. The minimum atomic E-state index is -3.69. The number of nitrogens with two attached hydrogens (primary N) is 1. The Bertz CT molecular complexity index is 801. The molecule has 1 aliphatic rings. The van der Waals surface area contributed by atoms with Crippen LogP contribution in [0.5, 0.6) is 5.75 Å². The number of pyridine rings is 2. The highest BCUT2D eigenvalue weighted by Gasteiger charge is 2.35. The fraction of sp³-hybridized carbons (Fsp3) is 0.286. The molecule has 0 radical (unpaired) electrons. The zero-order valence-electron chi connectivity index (χ0n) is 12.1. The van der Waals surface area contributed by atoms with Gasteiger partial charge in [-0.2, -0.15) is 4.31 Å². The van der Waals surface area contributed by atoms with E-state index in [4.69, 9.17) is 10.5 Å². The van der Waals surface area contributed by atoms with Crippen molar-refractivity contribution in [3.63, 3.8) is 0 Å². The monoisotopic (exact) mass is 398 g/mol. The second kappa shape index (κ2) is 6.42. The maximum atomic E-state index is 12.7. The number of halogens is 1. The Morgan fingerprint density at radius 1 is 1.35 bits per heavy atom. The molecule has 2 aromatic rings. The summed E-state index contributed by atoms with van der Waals surface area (Å²) < 4.78 is 33.2. The van der Waals surface area contributed by atoms with E-state index in [2.05, 4.69) is 25.9 Å². The number of sulfonamides is 1. The molecule has 1 aliphatic heterocycles. The van der Waals surface area contributed by atoms with Crippen LogP contribution < -0.4 is 10.5 Å². The van der Waals surface area contributed by atoms with Crippen molar-refractivity contribution in [2.75, 3.05) is 18.8 Å². The molecule has 0 bridgehead atoms. The van der Waals surface area contributed by atoms with Gasteiger partial charge in [-0.1, -0.05) is 0 Å². The van der Waals surface area contributed by atoms with Crippen molar-refractivity contribution >= 4 is 31.8 Å². The first-order valence-electron chi connectivity index (χ1n) is 6.94. The van der Waals surface area contributed by atoms with Crippen molar-refractivity contribution in [2.24, 2.45) is 0 Å². The summed E-state index contributed by atoms with van der Waals surface area (Å²) in [6.07, 6.45) is 5.14. The molecule has 0 amide bonds. The van der Waals surface area contributed by atoms with Gasteiger partial charge in [-0.3, -0.25) is 4.98 Å². The van der Waals surface area contributed by atoms with Gasteiger partial charge in [-0.15, -0.1) is 0 Å². The van der Waals surface area contributed by atoms with Gasteiger partial charge in [-0.25, -0.2) is 13.4 Å². The van der Waals surface area contributed by atoms with Gasteiger partial charge < -0.3 is 10.5 Å². The van der Waals surface area contributed by atoms with Gasteiger partial charge in [-0.05, 0) is 40.5 Å². The van der Waals surface area contributed by atoms with E-state index in [1.54, 1.807) is 24.5 Å². The summed E-state index contributed by atoms with van der Waals surface area (Å²) in [5.74, 6) is 0.666. The number of hydrogen-bond acceptors (Lipinski definition) is 6. The number of nitrogen functional groups attached to an aromatic ring is 1. The number of aromatic nitrogens is 2. The summed E-state index contributed by atoms with van der Waals surface area (Å²) in [5, 5.41) is 0. The Kier molecular flexibility index (Phi) is 4.51. The van der Waals surface area contributed by atoms with Gasteiger partial charge in [0.1, 0.15) is 22.6 Å². The summed E-state index contributed by atoms with van der Waals surface area (Å²) in [4.78, 5) is 7.82. The highest BCUT2D eigenvalue weighted by atomic mass is 79.9. The van der Waals surface area contributed by atoms with E-state index in [9.17, 15) is 8.42 Å². The van der Waals surface area contributed by atoms with E-state index < -0.39 is 10.0 Å². The van der Waals surface area contributed by atoms with Crippen LogP contribution in [0.15, 0.2) is 46.2 Å². The first-order valence-corrected chi connectivity index (χ1v) is 9.18. The molecule has 1 saturated heterocycles. The molecule has 1 atom stereocenters. The van der Waals surface area contributed by atoms with Gasteiger partial charge in [0.2, 0.25) is 10.0 Å². The highest BCUT2D eigenvalue weighted by Crippen LogP contribution is 2.28. The lowest BCUT2D eigenvalue weighted by Gasteiger charge is -2.18. The highest BCUT2D eigenvalue weighted by molar-refractivity contribution is 9.10. The van der Waals surface area contributed by atoms with Gasteiger partial charge in [0.25, 0.3) is 0 Å². The Labute approximate surface area is 142 Å². The second-order valence-corrected chi connectivity index (χ2v) is 7.93. The molecule has 7 nitrogen and oxygen atoms in total. The number of ether oxygens (including phenoxy) is 1. The lowest BCUT2D eigenvalue weighted by Crippen LogP contribution is -2.31. The molecule has 0 aliphatic carbocycles. The van der Waals surface area contributed by atoms with Crippen molar-refractivity contribution in [2.45, 2.75) is 17.4 Å². The molecular weight excluding hydrogens is 384 g/mol. The van der Waals surface area contributed by atoms with Crippen LogP contribution >= 0.6 is 15.9 Å². The second-order valence-electron chi connectivity index (χ2n) is 5.11. The van der Waals surface area contributed by atoms with Crippen molar-refractivity contribution in [3.05, 3.63) is 41.3 Å². The summed E-state index contributed by atoms with van der Waals surface area (Å²) in [6.45, 7) is 0.653. The van der Waals surface area contributed by atoms with Crippen LogP contribution in [0, 0.1) is 0 Å². The minimum absolute atomic E-state index is 0.00768. The zero-order valence-corrected chi connectivity index (χ0v) is 14.5. The quantitative estimate of drug-likeness (QED) is 0.840. The van der Waals surface area contributed by atoms with Crippen molar-refractivity contribution in [1.29, 1.82) is 0 Å². The number of rotatable bonds is 4. The Balaban J connectivity index is 1.76. The molecule has 23 heavy (non-hydrogen) atoms.